The average molecular weight is 367 g/mol. The molecule has 0 aliphatic carbocycles. The molecule has 0 bridgehead atoms. The maximum Gasteiger partial charge on any atom is 0.147 e. The molecule has 1 aliphatic heterocycles. The summed E-state index contributed by atoms with van der Waals surface area (Å²) in [6, 6.07) is 15.1. The lowest BCUT2D eigenvalue weighted by molar-refractivity contribution is 0.630. The van der Waals surface area contributed by atoms with Gasteiger partial charge in [0.2, 0.25) is 0 Å². The largest absolute Gasteiger partial charge is 0.296 e. The van der Waals surface area contributed by atoms with E-state index in [0.29, 0.717) is 5.69 Å². The first-order valence-corrected chi connectivity index (χ1v) is 8.81. The molecule has 0 unspecified atom stereocenters. The molecule has 0 N–H and O–H groups in total. The van der Waals surface area contributed by atoms with Crippen molar-refractivity contribution in [1.82, 2.24) is 0 Å². The molecule has 0 saturated carbocycles. The number of anilines is 3. The van der Waals surface area contributed by atoms with Gasteiger partial charge in [-0.15, -0.1) is 0 Å². The quantitative estimate of drug-likeness (QED) is 0.390. The average Bonchev–Trinajstić information content (AvgIpc) is 2.87. The summed E-state index contributed by atoms with van der Waals surface area (Å²) in [5, 5.41) is 1.02. The van der Waals surface area contributed by atoms with Crippen molar-refractivity contribution in [2.24, 2.45) is 0 Å². The fourth-order valence-electron chi connectivity index (χ4n) is 2.33. The first-order valence-electron chi connectivity index (χ1n) is 6.96. The smallest absolute Gasteiger partial charge is 0.147 e. The highest BCUT2D eigenvalue weighted by Crippen LogP contribution is 2.49. The highest BCUT2D eigenvalue weighted by molar-refractivity contribution is 9.09. The second kappa shape index (κ2) is 6.71. The molecule has 2 aromatic rings. The number of halogens is 2. The first kappa shape index (κ1) is 14.7. The third-order valence-corrected chi connectivity index (χ3v) is 5.06. The Morgan fingerprint density at radius 1 is 0.905 bits per heavy atom. The van der Waals surface area contributed by atoms with Crippen molar-refractivity contribution in [3.8, 4) is 0 Å². The van der Waals surface area contributed by atoms with Gasteiger partial charge in [0.1, 0.15) is 5.82 Å². The van der Waals surface area contributed by atoms with E-state index >= 15 is 0 Å². The molecule has 2 aromatic carbocycles. The van der Waals surface area contributed by atoms with Gasteiger partial charge in [-0.1, -0.05) is 40.2 Å². The molecule has 0 saturated heterocycles. The zero-order valence-electron chi connectivity index (χ0n) is 11.5. The minimum atomic E-state index is -0.192. The Morgan fingerprint density at radius 2 is 1.57 bits per heavy atom. The monoisotopic (exact) mass is 366 g/mol. The number of hydrogen-bond donors (Lipinski definition) is 0. The second-order valence-electron chi connectivity index (χ2n) is 4.81. The molecule has 0 radical (unpaired) electrons. The molecule has 1 heterocycles. The van der Waals surface area contributed by atoms with Crippen LogP contribution in [0.1, 0.15) is 12.8 Å². The van der Waals surface area contributed by atoms with Crippen LogP contribution in [0.25, 0.3) is 0 Å². The number of fused-ring (bicyclic) bond motifs is 1. The number of hydrogen-bond acceptors (Lipinski definition) is 3. The Hall–Kier alpha value is -1.20. The minimum absolute atomic E-state index is 0.192. The summed E-state index contributed by atoms with van der Waals surface area (Å²) in [4.78, 5) is 0. The van der Waals surface area contributed by atoms with Crippen molar-refractivity contribution in [1.29, 1.82) is 0 Å². The Labute approximate surface area is 137 Å². The standard InChI is InChI=1S/C16H16BrFN2S/c17-11-5-6-12-19-15-9-3-4-10-16(15)20(21-19)14-8-2-1-7-13(14)18/h1-4,7-10H,5-6,11-12H2. The van der Waals surface area contributed by atoms with Crippen LogP contribution in [-0.2, 0) is 0 Å². The van der Waals surface area contributed by atoms with Gasteiger partial charge in [-0.3, -0.25) is 8.61 Å². The Morgan fingerprint density at radius 3 is 2.29 bits per heavy atom. The SMILES string of the molecule is Fc1ccccc1N1SN(CCCCBr)c2ccccc21. The van der Waals surface area contributed by atoms with Crippen molar-refractivity contribution < 1.29 is 4.39 Å². The Balaban J connectivity index is 1.89. The van der Waals surface area contributed by atoms with Crippen LogP contribution >= 0.6 is 28.1 Å². The molecular formula is C16H16BrFN2S. The summed E-state index contributed by atoms with van der Waals surface area (Å²) in [6.07, 6.45) is 2.25. The van der Waals surface area contributed by atoms with Gasteiger partial charge in [0.25, 0.3) is 0 Å². The molecule has 3 rings (SSSR count). The van der Waals surface area contributed by atoms with Crippen LogP contribution < -0.4 is 8.61 Å². The van der Waals surface area contributed by atoms with Crippen LogP contribution in [0.4, 0.5) is 21.5 Å². The normalized spacial score (nSPS) is 13.6. The van der Waals surface area contributed by atoms with Gasteiger partial charge in [0.15, 0.2) is 0 Å². The summed E-state index contributed by atoms with van der Waals surface area (Å²) < 4.78 is 18.3. The molecule has 21 heavy (non-hydrogen) atoms. The zero-order chi connectivity index (χ0) is 14.7. The predicted octanol–water partition coefficient (Wildman–Crippen LogP) is 5.52. The molecule has 2 nitrogen and oxygen atoms in total. The van der Waals surface area contributed by atoms with Gasteiger partial charge < -0.3 is 0 Å². The van der Waals surface area contributed by atoms with E-state index in [9.17, 15) is 4.39 Å². The van der Waals surface area contributed by atoms with E-state index < -0.39 is 0 Å². The van der Waals surface area contributed by atoms with Gasteiger partial charge in [-0.2, -0.15) is 0 Å². The molecule has 0 amide bonds. The van der Waals surface area contributed by atoms with Crippen LogP contribution in [0.15, 0.2) is 48.5 Å². The second-order valence-corrected chi connectivity index (χ2v) is 6.58. The Bertz CT molecular complexity index is 623. The third kappa shape index (κ3) is 3.04. The van der Waals surface area contributed by atoms with Gasteiger partial charge in [0, 0.05) is 11.9 Å². The van der Waals surface area contributed by atoms with Crippen molar-refractivity contribution >= 4 is 45.1 Å². The van der Waals surface area contributed by atoms with Crippen LogP contribution in [0.3, 0.4) is 0 Å². The number of para-hydroxylation sites is 3. The van der Waals surface area contributed by atoms with Crippen LogP contribution in [-0.4, -0.2) is 11.9 Å². The van der Waals surface area contributed by atoms with E-state index in [1.807, 2.05) is 34.6 Å². The molecule has 1 aliphatic rings. The van der Waals surface area contributed by atoms with Gasteiger partial charge in [-0.25, -0.2) is 4.39 Å². The van der Waals surface area contributed by atoms with Crippen LogP contribution in [0.2, 0.25) is 0 Å². The summed E-state index contributed by atoms with van der Waals surface area (Å²) in [7, 11) is 0. The molecule has 0 atom stereocenters. The number of unbranched alkanes of at least 4 members (excludes halogenated alkanes) is 1. The van der Waals surface area contributed by atoms with Crippen molar-refractivity contribution in [3.05, 3.63) is 54.3 Å². The number of nitrogens with zero attached hydrogens (tertiary/aromatic N) is 2. The van der Waals surface area contributed by atoms with E-state index in [0.717, 1.165) is 36.1 Å². The lowest BCUT2D eigenvalue weighted by atomic mass is 10.2. The lowest BCUT2D eigenvalue weighted by Gasteiger charge is -2.19. The molecule has 0 fully saturated rings. The minimum Gasteiger partial charge on any atom is -0.296 e. The van der Waals surface area contributed by atoms with E-state index in [-0.39, 0.29) is 5.82 Å². The maximum atomic E-state index is 14.1. The lowest BCUT2D eigenvalue weighted by Crippen LogP contribution is -2.15. The highest BCUT2D eigenvalue weighted by atomic mass is 79.9. The maximum absolute atomic E-state index is 14.1. The van der Waals surface area contributed by atoms with Gasteiger partial charge in [0.05, 0.1) is 29.2 Å². The van der Waals surface area contributed by atoms with Crippen LogP contribution in [0, 0.1) is 5.82 Å². The van der Waals surface area contributed by atoms with E-state index in [1.54, 1.807) is 18.2 Å². The third-order valence-electron chi connectivity index (χ3n) is 3.37. The van der Waals surface area contributed by atoms with E-state index in [4.69, 9.17) is 0 Å². The molecular weight excluding hydrogens is 351 g/mol. The Kier molecular flexibility index (Phi) is 4.70. The summed E-state index contributed by atoms with van der Waals surface area (Å²) >= 11 is 5.03. The summed E-state index contributed by atoms with van der Waals surface area (Å²) in [5.41, 5.74) is 2.81. The topological polar surface area (TPSA) is 6.48 Å². The van der Waals surface area contributed by atoms with Gasteiger partial charge >= 0.3 is 0 Å². The summed E-state index contributed by atoms with van der Waals surface area (Å²) in [6.45, 7) is 0.957. The van der Waals surface area contributed by atoms with Crippen molar-refractivity contribution in [3.63, 3.8) is 0 Å². The highest BCUT2D eigenvalue weighted by Gasteiger charge is 2.29. The molecule has 0 spiro atoms. The number of alkyl halides is 1. The molecule has 110 valence electrons. The fourth-order valence-corrected chi connectivity index (χ4v) is 3.86. The predicted molar refractivity (Wildman–Crippen MR) is 92.9 cm³/mol. The first-order chi connectivity index (χ1) is 10.3. The van der Waals surface area contributed by atoms with Crippen molar-refractivity contribution in [2.75, 3.05) is 20.5 Å². The van der Waals surface area contributed by atoms with Crippen LogP contribution in [0.5, 0.6) is 0 Å². The molecule has 5 heteroatoms. The van der Waals surface area contributed by atoms with Gasteiger partial charge in [-0.05, 0) is 37.1 Å². The van der Waals surface area contributed by atoms with E-state index in [2.05, 4.69) is 26.3 Å². The van der Waals surface area contributed by atoms with E-state index in [1.165, 1.54) is 6.07 Å². The number of rotatable bonds is 5. The zero-order valence-corrected chi connectivity index (χ0v) is 13.9. The fraction of sp³-hybridized carbons (Fsp3) is 0.250. The number of benzene rings is 2. The molecule has 0 aromatic heterocycles. The summed E-state index contributed by atoms with van der Waals surface area (Å²) in [5.74, 6) is -0.192. The van der Waals surface area contributed by atoms with Crippen molar-refractivity contribution in [2.45, 2.75) is 12.8 Å².